The maximum atomic E-state index is 13.8. The van der Waals surface area contributed by atoms with Crippen LogP contribution in [-0.4, -0.2) is 37.0 Å². The van der Waals surface area contributed by atoms with Crippen molar-refractivity contribution in [2.24, 2.45) is 0 Å². The number of nitrogens with zero attached hydrogens (tertiary/aromatic N) is 2. The van der Waals surface area contributed by atoms with Crippen molar-refractivity contribution in [3.8, 4) is 0 Å². The van der Waals surface area contributed by atoms with E-state index in [4.69, 9.17) is 0 Å². The van der Waals surface area contributed by atoms with Crippen LogP contribution in [0.5, 0.6) is 0 Å². The molecule has 1 aliphatic heterocycles. The van der Waals surface area contributed by atoms with Crippen molar-refractivity contribution in [2.75, 3.05) is 31.1 Å². The van der Waals surface area contributed by atoms with Gasteiger partial charge in [-0.1, -0.05) is 6.07 Å². The number of anilines is 1. The highest BCUT2D eigenvalue weighted by Crippen LogP contribution is 2.22. The number of carbonyl (C=O) groups excluding carboxylic acids is 1. The molecule has 0 bridgehead atoms. The molecule has 1 aliphatic rings. The molecule has 0 aliphatic carbocycles. The first kappa shape index (κ1) is 15.4. The molecule has 120 valence electrons. The number of carbonyl (C=O) groups is 1. The maximum Gasteiger partial charge on any atom is 0.254 e. The van der Waals surface area contributed by atoms with Crippen molar-refractivity contribution in [1.29, 1.82) is 0 Å². The third-order valence-corrected chi connectivity index (χ3v) is 3.89. The Labute approximate surface area is 131 Å². The molecule has 0 aromatic heterocycles. The van der Waals surface area contributed by atoms with Gasteiger partial charge in [0.1, 0.15) is 17.5 Å². The fourth-order valence-electron chi connectivity index (χ4n) is 2.68. The van der Waals surface area contributed by atoms with Crippen molar-refractivity contribution in [2.45, 2.75) is 0 Å². The average molecular weight is 320 g/mol. The number of rotatable bonds is 2. The summed E-state index contributed by atoms with van der Waals surface area (Å²) < 4.78 is 40.3. The van der Waals surface area contributed by atoms with Gasteiger partial charge in [0.25, 0.3) is 5.91 Å². The monoisotopic (exact) mass is 320 g/mol. The number of piperazine rings is 1. The van der Waals surface area contributed by atoms with Gasteiger partial charge in [-0.3, -0.25) is 4.79 Å². The van der Waals surface area contributed by atoms with Crippen LogP contribution in [0.25, 0.3) is 0 Å². The molecule has 2 aromatic carbocycles. The van der Waals surface area contributed by atoms with E-state index < -0.39 is 17.5 Å². The highest BCUT2D eigenvalue weighted by atomic mass is 19.1. The first-order valence-corrected chi connectivity index (χ1v) is 7.29. The molecule has 23 heavy (non-hydrogen) atoms. The van der Waals surface area contributed by atoms with E-state index >= 15 is 0 Å². The smallest absolute Gasteiger partial charge is 0.254 e. The number of benzene rings is 2. The molecule has 1 heterocycles. The molecule has 6 heteroatoms. The first-order chi connectivity index (χ1) is 11.0. The molecule has 0 unspecified atom stereocenters. The van der Waals surface area contributed by atoms with Crippen molar-refractivity contribution >= 4 is 11.6 Å². The molecule has 1 saturated heterocycles. The summed E-state index contributed by atoms with van der Waals surface area (Å²) in [5.41, 5.74) is 0.484. The Bertz CT molecular complexity index is 728. The SMILES string of the molecule is O=C(c1cccc(F)c1)N1CCN(c2cc(F)ccc2F)CC1. The van der Waals surface area contributed by atoms with Gasteiger partial charge in [0.05, 0.1) is 5.69 Å². The second-order valence-electron chi connectivity index (χ2n) is 5.39. The molecule has 2 aromatic rings. The Kier molecular flexibility index (Phi) is 4.23. The molecule has 1 fully saturated rings. The van der Waals surface area contributed by atoms with Crippen LogP contribution >= 0.6 is 0 Å². The normalized spacial score (nSPS) is 14.9. The number of amides is 1. The summed E-state index contributed by atoms with van der Waals surface area (Å²) in [7, 11) is 0. The van der Waals surface area contributed by atoms with Crippen LogP contribution in [0.3, 0.4) is 0 Å². The summed E-state index contributed by atoms with van der Waals surface area (Å²) in [5.74, 6) is -1.71. The molecule has 3 nitrogen and oxygen atoms in total. The van der Waals surface area contributed by atoms with Gasteiger partial charge in [0.2, 0.25) is 0 Å². The third kappa shape index (κ3) is 3.31. The summed E-state index contributed by atoms with van der Waals surface area (Å²) in [6.45, 7) is 1.51. The Balaban J connectivity index is 1.69. The number of hydrogen-bond donors (Lipinski definition) is 0. The van der Waals surface area contributed by atoms with Crippen LogP contribution in [0.4, 0.5) is 18.9 Å². The molecular formula is C17H15F3N2O. The van der Waals surface area contributed by atoms with E-state index in [0.29, 0.717) is 26.2 Å². The third-order valence-electron chi connectivity index (χ3n) is 3.89. The van der Waals surface area contributed by atoms with E-state index in [1.165, 1.54) is 18.2 Å². The minimum atomic E-state index is -0.500. The maximum absolute atomic E-state index is 13.8. The Hall–Kier alpha value is -2.50. The van der Waals surface area contributed by atoms with E-state index in [1.807, 2.05) is 0 Å². The fraction of sp³-hybridized carbons (Fsp3) is 0.235. The summed E-state index contributed by atoms with van der Waals surface area (Å²) in [6, 6.07) is 8.84. The van der Waals surface area contributed by atoms with E-state index in [1.54, 1.807) is 15.9 Å². The van der Waals surface area contributed by atoms with Gasteiger partial charge in [-0.25, -0.2) is 13.2 Å². The lowest BCUT2D eigenvalue weighted by Crippen LogP contribution is -2.49. The summed E-state index contributed by atoms with van der Waals surface area (Å²) in [4.78, 5) is 15.6. The van der Waals surface area contributed by atoms with Crippen molar-refractivity contribution in [3.05, 3.63) is 65.5 Å². The number of halogens is 3. The van der Waals surface area contributed by atoms with Gasteiger partial charge < -0.3 is 9.80 Å². The Morgan fingerprint density at radius 1 is 0.870 bits per heavy atom. The second kappa shape index (κ2) is 6.32. The zero-order valence-electron chi connectivity index (χ0n) is 12.3. The molecule has 0 atom stereocenters. The van der Waals surface area contributed by atoms with Gasteiger partial charge in [0.15, 0.2) is 0 Å². The van der Waals surface area contributed by atoms with Crippen LogP contribution in [0.15, 0.2) is 42.5 Å². The highest BCUT2D eigenvalue weighted by Gasteiger charge is 2.24. The van der Waals surface area contributed by atoms with Gasteiger partial charge >= 0.3 is 0 Å². The van der Waals surface area contributed by atoms with Crippen LogP contribution in [0.1, 0.15) is 10.4 Å². The average Bonchev–Trinajstić information content (AvgIpc) is 2.56. The van der Waals surface area contributed by atoms with Crippen LogP contribution in [0, 0.1) is 17.5 Å². The van der Waals surface area contributed by atoms with Gasteiger partial charge in [-0.05, 0) is 30.3 Å². The number of hydrogen-bond acceptors (Lipinski definition) is 2. The fourth-order valence-corrected chi connectivity index (χ4v) is 2.68. The molecule has 3 rings (SSSR count). The lowest BCUT2D eigenvalue weighted by molar-refractivity contribution is 0.0746. The Morgan fingerprint density at radius 3 is 2.26 bits per heavy atom. The summed E-state index contributed by atoms with van der Waals surface area (Å²) in [5, 5.41) is 0. The zero-order valence-corrected chi connectivity index (χ0v) is 12.3. The van der Waals surface area contributed by atoms with Gasteiger partial charge in [-0.15, -0.1) is 0 Å². The van der Waals surface area contributed by atoms with Crippen LogP contribution in [-0.2, 0) is 0 Å². The standard InChI is InChI=1S/C17H15F3N2O/c18-13-3-1-2-12(10-13)17(23)22-8-6-21(7-9-22)16-11-14(19)4-5-15(16)20/h1-5,10-11H,6-9H2. The molecular weight excluding hydrogens is 305 g/mol. The summed E-state index contributed by atoms with van der Waals surface area (Å²) in [6.07, 6.45) is 0. The summed E-state index contributed by atoms with van der Waals surface area (Å²) >= 11 is 0. The van der Waals surface area contributed by atoms with Gasteiger partial charge in [-0.2, -0.15) is 0 Å². The quantitative estimate of drug-likeness (QED) is 0.849. The van der Waals surface area contributed by atoms with Gasteiger partial charge in [0, 0.05) is 37.8 Å². The lowest BCUT2D eigenvalue weighted by Gasteiger charge is -2.36. The van der Waals surface area contributed by atoms with E-state index in [9.17, 15) is 18.0 Å². The van der Waals surface area contributed by atoms with Crippen molar-refractivity contribution in [3.63, 3.8) is 0 Å². The molecule has 0 N–H and O–H groups in total. The van der Waals surface area contributed by atoms with E-state index in [-0.39, 0.29) is 17.2 Å². The minimum Gasteiger partial charge on any atom is -0.366 e. The predicted octanol–water partition coefficient (Wildman–Crippen LogP) is 3.07. The topological polar surface area (TPSA) is 23.6 Å². The predicted molar refractivity (Wildman–Crippen MR) is 80.9 cm³/mol. The molecule has 1 amide bonds. The Morgan fingerprint density at radius 2 is 1.57 bits per heavy atom. The lowest BCUT2D eigenvalue weighted by atomic mass is 10.1. The first-order valence-electron chi connectivity index (χ1n) is 7.29. The molecule has 0 spiro atoms. The van der Waals surface area contributed by atoms with E-state index in [2.05, 4.69) is 0 Å². The van der Waals surface area contributed by atoms with Crippen LogP contribution in [0.2, 0.25) is 0 Å². The molecule has 0 saturated carbocycles. The minimum absolute atomic E-state index is 0.197. The zero-order chi connectivity index (χ0) is 16.4. The molecule has 0 radical (unpaired) electrons. The van der Waals surface area contributed by atoms with Crippen LogP contribution < -0.4 is 4.90 Å². The van der Waals surface area contributed by atoms with E-state index in [0.717, 1.165) is 18.2 Å². The second-order valence-corrected chi connectivity index (χ2v) is 5.39. The highest BCUT2D eigenvalue weighted by molar-refractivity contribution is 5.94. The van der Waals surface area contributed by atoms with Crippen molar-refractivity contribution in [1.82, 2.24) is 4.90 Å². The van der Waals surface area contributed by atoms with Crippen molar-refractivity contribution < 1.29 is 18.0 Å². The largest absolute Gasteiger partial charge is 0.366 e.